The lowest BCUT2D eigenvalue weighted by Crippen LogP contribution is -1.91. The van der Waals surface area contributed by atoms with Gasteiger partial charge in [-0.15, -0.1) is 0 Å². The third-order valence-corrected chi connectivity index (χ3v) is 8.65. The summed E-state index contributed by atoms with van der Waals surface area (Å²) in [4.78, 5) is 5.10. The van der Waals surface area contributed by atoms with Crippen LogP contribution >= 0.6 is 0 Å². The Morgan fingerprint density at radius 2 is 0.814 bits per heavy atom. The van der Waals surface area contributed by atoms with E-state index in [-0.39, 0.29) is 0 Å². The highest BCUT2D eigenvalue weighted by atomic mass is 16.3. The monoisotopic (exact) mass is 547 g/mol. The van der Waals surface area contributed by atoms with E-state index in [1.54, 1.807) is 0 Å². The van der Waals surface area contributed by atoms with Gasteiger partial charge in [0, 0.05) is 32.8 Å². The second-order valence-corrected chi connectivity index (χ2v) is 11.1. The predicted molar refractivity (Wildman–Crippen MR) is 180 cm³/mol. The Hall–Kier alpha value is -5.73. The van der Waals surface area contributed by atoms with E-state index >= 15 is 0 Å². The van der Waals surface area contributed by atoms with E-state index in [1.807, 2.05) is 12.1 Å². The lowest BCUT2D eigenvalue weighted by molar-refractivity contribution is 0.674. The smallest absolute Gasteiger partial charge is 0.143 e. The maximum absolute atomic E-state index is 6.98. The Morgan fingerprint density at radius 3 is 1.44 bits per heavy atom. The zero-order valence-corrected chi connectivity index (χ0v) is 23.3. The van der Waals surface area contributed by atoms with Crippen LogP contribution in [0.2, 0.25) is 0 Å². The first-order chi connectivity index (χ1) is 21.3. The molecule has 9 aromatic rings. The molecule has 0 aliphatic carbocycles. The Morgan fingerprint density at radius 1 is 0.349 bits per heavy atom. The van der Waals surface area contributed by atoms with Crippen LogP contribution in [0.4, 0.5) is 0 Å². The van der Waals surface area contributed by atoms with Crippen LogP contribution in [-0.2, 0) is 0 Å². The van der Waals surface area contributed by atoms with Crippen molar-refractivity contribution in [1.82, 2.24) is 4.98 Å². The Kier molecular flexibility index (Phi) is 5.23. The molecule has 0 fully saturated rings. The topological polar surface area (TPSA) is 26.0 Å². The van der Waals surface area contributed by atoms with Gasteiger partial charge in [0.1, 0.15) is 11.2 Å². The Bertz CT molecular complexity index is 2400. The summed E-state index contributed by atoms with van der Waals surface area (Å²) in [7, 11) is 0. The molecule has 0 saturated carbocycles. The Labute approximate surface area is 248 Å². The molecule has 0 saturated heterocycles. The lowest BCUT2D eigenvalue weighted by Gasteiger charge is -2.11. The SMILES string of the molecule is c1ccc(-c2cc(-c3cccc4c3oc3c4ccc4c5ccccc5c5ccccc5c43)cc(-c3ccccc3)n2)cc1. The third kappa shape index (κ3) is 3.70. The molecule has 0 atom stereocenters. The molecule has 0 radical (unpaired) electrons. The molecule has 7 aromatic carbocycles. The molecule has 2 nitrogen and oxygen atoms in total. The minimum Gasteiger partial charge on any atom is -0.455 e. The van der Waals surface area contributed by atoms with Gasteiger partial charge in [-0.3, -0.25) is 0 Å². The van der Waals surface area contributed by atoms with Gasteiger partial charge < -0.3 is 4.42 Å². The molecule has 2 heteroatoms. The first-order valence-corrected chi connectivity index (χ1v) is 14.6. The first kappa shape index (κ1) is 23.9. The summed E-state index contributed by atoms with van der Waals surface area (Å²) in [6.07, 6.45) is 0. The summed E-state index contributed by atoms with van der Waals surface area (Å²) < 4.78 is 6.98. The molecule has 0 spiro atoms. The van der Waals surface area contributed by atoms with Crippen molar-refractivity contribution in [2.24, 2.45) is 0 Å². The van der Waals surface area contributed by atoms with E-state index in [0.29, 0.717) is 0 Å². The van der Waals surface area contributed by atoms with Crippen molar-refractivity contribution in [3.63, 3.8) is 0 Å². The molecule has 43 heavy (non-hydrogen) atoms. The summed E-state index contributed by atoms with van der Waals surface area (Å²) >= 11 is 0. The van der Waals surface area contributed by atoms with Crippen molar-refractivity contribution in [2.75, 3.05) is 0 Å². The molecule has 2 aromatic heterocycles. The van der Waals surface area contributed by atoms with E-state index in [4.69, 9.17) is 9.40 Å². The number of rotatable bonds is 3. The van der Waals surface area contributed by atoms with Crippen molar-refractivity contribution in [1.29, 1.82) is 0 Å². The maximum atomic E-state index is 6.98. The zero-order valence-electron chi connectivity index (χ0n) is 23.3. The van der Waals surface area contributed by atoms with Crippen LogP contribution in [0, 0.1) is 0 Å². The first-order valence-electron chi connectivity index (χ1n) is 14.6. The van der Waals surface area contributed by atoms with Crippen molar-refractivity contribution in [3.05, 3.63) is 152 Å². The number of furan rings is 1. The van der Waals surface area contributed by atoms with E-state index in [1.165, 1.54) is 32.3 Å². The highest BCUT2D eigenvalue weighted by Crippen LogP contribution is 2.44. The minimum atomic E-state index is 0.895. The van der Waals surface area contributed by atoms with E-state index in [9.17, 15) is 0 Å². The molecule has 9 rings (SSSR count). The van der Waals surface area contributed by atoms with Crippen molar-refractivity contribution >= 4 is 54.3 Å². The van der Waals surface area contributed by atoms with Gasteiger partial charge in [0.15, 0.2) is 0 Å². The van der Waals surface area contributed by atoms with Crippen molar-refractivity contribution in [2.45, 2.75) is 0 Å². The fourth-order valence-electron chi connectivity index (χ4n) is 6.67. The lowest BCUT2D eigenvalue weighted by atomic mass is 9.93. The Balaban J connectivity index is 1.37. The molecule has 0 unspecified atom stereocenters. The number of aromatic nitrogens is 1. The second-order valence-electron chi connectivity index (χ2n) is 11.1. The van der Waals surface area contributed by atoms with Gasteiger partial charge in [-0.1, -0.05) is 133 Å². The van der Waals surface area contributed by atoms with Crippen LogP contribution in [-0.4, -0.2) is 4.98 Å². The molecular formula is C41H25NO. The van der Waals surface area contributed by atoms with Gasteiger partial charge >= 0.3 is 0 Å². The molecule has 0 amide bonds. The standard InChI is InChI=1S/C41H25NO/c1-3-12-26(13-4-1)37-24-28(25-38(42-37)27-14-5-2-6-15-27)29-20-11-21-35-36-23-22-34-32-18-8-7-16-30(32)31-17-9-10-19-33(31)39(34)41(36)43-40(29)35/h1-25H. The normalized spacial score (nSPS) is 11.7. The van der Waals surface area contributed by atoms with Gasteiger partial charge in [-0.2, -0.15) is 0 Å². The number of nitrogens with zero attached hydrogens (tertiary/aromatic N) is 1. The number of para-hydroxylation sites is 1. The van der Waals surface area contributed by atoms with Gasteiger partial charge in [0.05, 0.1) is 11.4 Å². The van der Waals surface area contributed by atoms with Crippen molar-refractivity contribution in [3.8, 4) is 33.6 Å². The largest absolute Gasteiger partial charge is 0.455 e. The van der Waals surface area contributed by atoms with Gasteiger partial charge in [0.2, 0.25) is 0 Å². The fourth-order valence-corrected chi connectivity index (χ4v) is 6.67. The van der Waals surface area contributed by atoms with Crippen molar-refractivity contribution < 1.29 is 4.42 Å². The van der Waals surface area contributed by atoms with E-state index in [2.05, 4.69) is 140 Å². The fraction of sp³-hybridized carbons (Fsp3) is 0. The van der Waals surface area contributed by atoms with Crippen LogP contribution in [0.1, 0.15) is 0 Å². The van der Waals surface area contributed by atoms with Gasteiger partial charge in [-0.25, -0.2) is 4.98 Å². The molecular weight excluding hydrogens is 522 g/mol. The summed E-state index contributed by atoms with van der Waals surface area (Å²) in [5, 5.41) is 9.59. The van der Waals surface area contributed by atoms with E-state index in [0.717, 1.165) is 55.6 Å². The predicted octanol–water partition coefficient (Wildman–Crippen LogP) is 11.4. The van der Waals surface area contributed by atoms with Crippen LogP contribution in [0.5, 0.6) is 0 Å². The highest BCUT2D eigenvalue weighted by molar-refractivity contribution is 6.32. The quantitative estimate of drug-likeness (QED) is 0.206. The summed E-state index contributed by atoms with van der Waals surface area (Å²) in [5.74, 6) is 0. The molecule has 0 bridgehead atoms. The zero-order chi connectivity index (χ0) is 28.3. The number of fused-ring (bicyclic) bond motifs is 10. The molecule has 2 heterocycles. The van der Waals surface area contributed by atoms with Crippen LogP contribution in [0.15, 0.2) is 156 Å². The summed E-state index contributed by atoms with van der Waals surface area (Å²) in [6, 6.07) is 53.5. The van der Waals surface area contributed by atoms with Crippen LogP contribution < -0.4 is 0 Å². The van der Waals surface area contributed by atoms with Crippen LogP contribution in [0.25, 0.3) is 87.9 Å². The highest BCUT2D eigenvalue weighted by Gasteiger charge is 2.19. The molecule has 0 aliphatic rings. The van der Waals surface area contributed by atoms with Crippen LogP contribution in [0.3, 0.4) is 0 Å². The minimum absolute atomic E-state index is 0.895. The molecule has 200 valence electrons. The number of pyridine rings is 1. The second kappa shape index (κ2) is 9.40. The average Bonchev–Trinajstić information content (AvgIpc) is 3.48. The maximum Gasteiger partial charge on any atom is 0.143 e. The van der Waals surface area contributed by atoms with E-state index < -0.39 is 0 Å². The molecule has 0 N–H and O–H groups in total. The summed E-state index contributed by atoms with van der Waals surface area (Å²) in [5.41, 5.74) is 8.01. The third-order valence-electron chi connectivity index (χ3n) is 8.65. The number of hydrogen-bond acceptors (Lipinski definition) is 2. The molecule has 0 aliphatic heterocycles. The number of benzene rings is 7. The number of hydrogen-bond donors (Lipinski definition) is 0. The van der Waals surface area contributed by atoms with Gasteiger partial charge in [0.25, 0.3) is 0 Å². The summed E-state index contributed by atoms with van der Waals surface area (Å²) in [6.45, 7) is 0. The average molecular weight is 548 g/mol. The van der Waals surface area contributed by atoms with Gasteiger partial charge in [-0.05, 0) is 50.7 Å².